The fourth-order valence-corrected chi connectivity index (χ4v) is 4.76. The summed E-state index contributed by atoms with van der Waals surface area (Å²) in [7, 11) is 0. The smallest absolute Gasteiger partial charge is 0.255 e. The van der Waals surface area contributed by atoms with Crippen molar-refractivity contribution in [1.29, 1.82) is 0 Å². The van der Waals surface area contributed by atoms with Crippen molar-refractivity contribution < 1.29 is 14.4 Å². The Bertz CT molecular complexity index is 1030. The van der Waals surface area contributed by atoms with Gasteiger partial charge in [-0.15, -0.1) is 5.10 Å². The first kappa shape index (κ1) is 19.9. The summed E-state index contributed by atoms with van der Waals surface area (Å²) in [4.78, 5) is 38.0. The molecule has 2 aromatic rings. The fourth-order valence-electron chi connectivity index (χ4n) is 4.76. The SMILES string of the molecule is O=C1CCC(N2Cc3cc(-n4cc(CNC5CCCCC5)nn4)ccc3C2=O)C(=O)N1. The minimum absolute atomic E-state index is 0.174. The summed E-state index contributed by atoms with van der Waals surface area (Å²) in [6.45, 7) is 1.04. The molecule has 0 bridgehead atoms. The van der Waals surface area contributed by atoms with Gasteiger partial charge < -0.3 is 10.2 Å². The van der Waals surface area contributed by atoms with Crippen LogP contribution in [0.25, 0.3) is 5.69 Å². The van der Waals surface area contributed by atoms with E-state index in [1.807, 2.05) is 18.3 Å². The largest absolute Gasteiger partial charge is 0.322 e. The number of hydrogen-bond acceptors (Lipinski definition) is 6. The lowest BCUT2D eigenvalue weighted by Crippen LogP contribution is -2.52. The molecular weight excluding hydrogens is 396 g/mol. The van der Waals surface area contributed by atoms with Crippen LogP contribution < -0.4 is 10.6 Å². The van der Waals surface area contributed by atoms with E-state index in [0.29, 0.717) is 31.1 Å². The van der Waals surface area contributed by atoms with Crippen LogP contribution in [0.15, 0.2) is 24.4 Å². The summed E-state index contributed by atoms with van der Waals surface area (Å²) in [6.07, 6.45) is 8.86. The van der Waals surface area contributed by atoms with E-state index in [1.54, 1.807) is 15.6 Å². The molecule has 0 radical (unpaired) electrons. The van der Waals surface area contributed by atoms with Crippen LogP contribution in [0.3, 0.4) is 0 Å². The summed E-state index contributed by atoms with van der Waals surface area (Å²) in [6, 6.07) is 5.50. The molecule has 1 aromatic heterocycles. The number of carbonyl (C=O) groups is 3. The van der Waals surface area contributed by atoms with Crippen molar-refractivity contribution in [3.05, 3.63) is 41.2 Å². The van der Waals surface area contributed by atoms with E-state index < -0.39 is 11.9 Å². The highest BCUT2D eigenvalue weighted by molar-refractivity contribution is 6.05. The molecule has 1 aliphatic carbocycles. The van der Waals surface area contributed by atoms with Gasteiger partial charge in [0, 0.05) is 31.1 Å². The minimum atomic E-state index is -0.607. The Kier molecular flexibility index (Phi) is 5.27. The Morgan fingerprint density at radius 3 is 2.74 bits per heavy atom. The minimum Gasteiger partial charge on any atom is -0.322 e. The molecule has 1 saturated heterocycles. The van der Waals surface area contributed by atoms with Crippen LogP contribution >= 0.6 is 0 Å². The Morgan fingerprint density at radius 2 is 1.94 bits per heavy atom. The Balaban J connectivity index is 1.27. The third-order valence-corrected chi connectivity index (χ3v) is 6.49. The summed E-state index contributed by atoms with van der Waals surface area (Å²) in [5, 5.41) is 14.4. The number of amides is 3. The average molecular weight is 422 g/mol. The standard InChI is InChI=1S/C22H26N6O3/c29-20-9-8-19(21(30)24-20)27-12-14-10-17(6-7-18(14)22(27)31)28-13-16(25-26-28)11-23-15-4-2-1-3-5-15/h6-7,10,13,15,19,23H,1-5,8-9,11-12H2,(H,24,29,30). The number of nitrogens with zero attached hydrogens (tertiary/aromatic N) is 4. The van der Waals surface area contributed by atoms with Gasteiger partial charge in [0.05, 0.1) is 17.6 Å². The van der Waals surface area contributed by atoms with Gasteiger partial charge in [-0.1, -0.05) is 24.5 Å². The molecule has 3 aliphatic rings. The van der Waals surface area contributed by atoms with E-state index in [4.69, 9.17) is 0 Å². The van der Waals surface area contributed by atoms with Crippen molar-refractivity contribution in [2.24, 2.45) is 0 Å². The highest BCUT2D eigenvalue weighted by Gasteiger charge is 2.39. The van der Waals surface area contributed by atoms with Gasteiger partial charge in [-0.2, -0.15) is 0 Å². The number of nitrogens with one attached hydrogen (secondary N) is 2. The molecule has 1 unspecified atom stereocenters. The zero-order valence-corrected chi connectivity index (χ0v) is 17.3. The highest BCUT2D eigenvalue weighted by atomic mass is 16.2. The monoisotopic (exact) mass is 422 g/mol. The molecule has 1 atom stereocenters. The van der Waals surface area contributed by atoms with Gasteiger partial charge in [0.2, 0.25) is 11.8 Å². The van der Waals surface area contributed by atoms with Crippen LogP contribution in [0.5, 0.6) is 0 Å². The normalized spacial score (nSPS) is 22.0. The number of fused-ring (bicyclic) bond motifs is 1. The predicted octanol–water partition coefficient (Wildman–Crippen LogP) is 1.45. The van der Waals surface area contributed by atoms with E-state index in [-0.39, 0.29) is 18.2 Å². The van der Waals surface area contributed by atoms with Crippen molar-refractivity contribution in [3.63, 3.8) is 0 Å². The molecular formula is C22H26N6O3. The predicted molar refractivity (Wildman–Crippen MR) is 111 cm³/mol. The molecule has 9 heteroatoms. The number of carbonyl (C=O) groups excluding carboxylic acids is 3. The van der Waals surface area contributed by atoms with Crippen LogP contribution in [-0.4, -0.2) is 49.7 Å². The first-order chi connectivity index (χ1) is 15.1. The van der Waals surface area contributed by atoms with Gasteiger partial charge in [0.25, 0.3) is 5.91 Å². The third kappa shape index (κ3) is 3.97. The number of benzene rings is 1. The second kappa shape index (κ2) is 8.22. The summed E-state index contributed by atoms with van der Waals surface area (Å²) in [5.74, 6) is -0.858. The van der Waals surface area contributed by atoms with Gasteiger partial charge in [-0.25, -0.2) is 4.68 Å². The zero-order chi connectivity index (χ0) is 21.4. The second-order valence-electron chi connectivity index (χ2n) is 8.61. The van der Waals surface area contributed by atoms with Gasteiger partial charge in [-0.05, 0) is 43.0 Å². The molecule has 1 aromatic carbocycles. The van der Waals surface area contributed by atoms with E-state index >= 15 is 0 Å². The molecule has 2 fully saturated rings. The van der Waals surface area contributed by atoms with Gasteiger partial charge in [-0.3, -0.25) is 19.7 Å². The van der Waals surface area contributed by atoms with Crippen molar-refractivity contribution >= 4 is 17.7 Å². The molecule has 2 aliphatic heterocycles. The Hall–Kier alpha value is -3.07. The first-order valence-corrected chi connectivity index (χ1v) is 11.0. The van der Waals surface area contributed by atoms with Gasteiger partial charge in [0.1, 0.15) is 6.04 Å². The molecule has 9 nitrogen and oxygen atoms in total. The van der Waals surface area contributed by atoms with Crippen molar-refractivity contribution in [2.45, 2.75) is 70.1 Å². The van der Waals surface area contributed by atoms with Crippen LogP contribution in [0.2, 0.25) is 0 Å². The number of hydrogen-bond donors (Lipinski definition) is 2. The first-order valence-electron chi connectivity index (χ1n) is 11.0. The maximum atomic E-state index is 12.8. The highest BCUT2D eigenvalue weighted by Crippen LogP contribution is 2.29. The molecule has 31 heavy (non-hydrogen) atoms. The van der Waals surface area contributed by atoms with Gasteiger partial charge >= 0.3 is 0 Å². The maximum absolute atomic E-state index is 12.8. The van der Waals surface area contributed by atoms with Crippen molar-refractivity contribution in [3.8, 4) is 5.69 Å². The quantitative estimate of drug-likeness (QED) is 0.706. The molecule has 162 valence electrons. The fraction of sp³-hybridized carbons (Fsp3) is 0.500. The lowest BCUT2D eigenvalue weighted by Gasteiger charge is -2.29. The Morgan fingerprint density at radius 1 is 1.10 bits per heavy atom. The maximum Gasteiger partial charge on any atom is 0.255 e. The lowest BCUT2D eigenvalue weighted by atomic mass is 9.95. The lowest BCUT2D eigenvalue weighted by molar-refractivity contribution is -0.136. The average Bonchev–Trinajstić information content (AvgIpc) is 3.38. The number of imide groups is 1. The van der Waals surface area contributed by atoms with Crippen LogP contribution in [0, 0.1) is 0 Å². The van der Waals surface area contributed by atoms with Crippen LogP contribution in [-0.2, 0) is 22.7 Å². The molecule has 5 rings (SSSR count). The summed E-state index contributed by atoms with van der Waals surface area (Å²) < 4.78 is 1.72. The summed E-state index contributed by atoms with van der Waals surface area (Å²) in [5.41, 5.74) is 3.15. The molecule has 3 amide bonds. The topological polar surface area (TPSA) is 109 Å². The second-order valence-corrected chi connectivity index (χ2v) is 8.61. The summed E-state index contributed by atoms with van der Waals surface area (Å²) >= 11 is 0. The van der Waals surface area contributed by atoms with E-state index in [1.165, 1.54) is 32.1 Å². The molecule has 3 heterocycles. The number of aromatic nitrogens is 3. The van der Waals surface area contributed by atoms with Gasteiger partial charge in [0.15, 0.2) is 0 Å². The third-order valence-electron chi connectivity index (χ3n) is 6.49. The van der Waals surface area contributed by atoms with E-state index in [2.05, 4.69) is 20.9 Å². The molecule has 1 saturated carbocycles. The number of rotatable bonds is 5. The van der Waals surface area contributed by atoms with Crippen molar-refractivity contribution in [2.75, 3.05) is 0 Å². The van der Waals surface area contributed by atoms with E-state index in [9.17, 15) is 14.4 Å². The van der Waals surface area contributed by atoms with E-state index in [0.717, 1.165) is 16.9 Å². The number of piperidine rings is 1. The van der Waals surface area contributed by atoms with Crippen molar-refractivity contribution in [1.82, 2.24) is 30.5 Å². The van der Waals surface area contributed by atoms with Crippen LogP contribution in [0.1, 0.15) is 66.6 Å². The molecule has 0 spiro atoms. The molecule has 2 N–H and O–H groups in total. The van der Waals surface area contributed by atoms with Crippen LogP contribution in [0.4, 0.5) is 0 Å². The Labute approximate surface area is 180 Å². The zero-order valence-electron chi connectivity index (χ0n) is 17.3.